The first kappa shape index (κ1) is 21.9. The molecule has 0 N–H and O–H groups in total. The molecule has 0 aromatic heterocycles. The summed E-state index contributed by atoms with van der Waals surface area (Å²) in [5.41, 5.74) is 0. The molecule has 0 spiro atoms. The van der Waals surface area contributed by atoms with Crippen molar-refractivity contribution in [2.75, 3.05) is 0 Å². The van der Waals surface area contributed by atoms with Gasteiger partial charge < -0.3 is 9.29 Å². The van der Waals surface area contributed by atoms with E-state index in [4.69, 9.17) is 16.3 Å². The van der Waals surface area contributed by atoms with Crippen molar-refractivity contribution in [3.8, 4) is 5.75 Å². The Labute approximate surface area is 158 Å². The Morgan fingerprint density at radius 3 is 2.50 bits per heavy atom. The third kappa shape index (κ3) is 7.44. The molecule has 0 saturated carbocycles. The molecule has 0 aliphatic rings. The molecule has 0 bridgehead atoms. The number of hydrogen-bond donors (Lipinski definition) is 0. The number of rotatable bonds is 8. The first-order valence-electron chi connectivity index (χ1n) is 6.77. The number of ether oxygens (including phenoxy) is 1. The van der Waals surface area contributed by atoms with Crippen LogP contribution in [0.4, 0.5) is 0 Å². The Hall–Kier alpha value is -0.110. The Morgan fingerprint density at radius 1 is 1.27 bits per heavy atom. The number of esters is 1. The van der Waals surface area contributed by atoms with E-state index in [0.29, 0.717) is 6.42 Å². The topological polar surface area (TPSA) is 83.5 Å². The fourth-order valence-corrected chi connectivity index (χ4v) is 2.58. The van der Waals surface area contributed by atoms with Crippen LogP contribution >= 0.6 is 11.6 Å². The minimum absolute atomic E-state index is 0. The Balaban J connectivity index is 0.00000441. The van der Waals surface area contributed by atoms with Crippen LogP contribution < -0.4 is 34.3 Å². The van der Waals surface area contributed by atoms with E-state index in [-0.39, 0.29) is 35.3 Å². The molecule has 118 valence electrons. The first-order valence-corrected chi connectivity index (χ1v) is 8.61. The number of halogens is 1. The van der Waals surface area contributed by atoms with Gasteiger partial charge in [-0.15, -0.1) is 11.6 Å². The fraction of sp³-hybridized carbons (Fsp3) is 0.500. The smallest absolute Gasteiger partial charge is 0.744 e. The van der Waals surface area contributed by atoms with E-state index in [1.54, 1.807) is 0 Å². The average molecular weight is 357 g/mol. The van der Waals surface area contributed by atoms with Crippen molar-refractivity contribution in [2.24, 2.45) is 0 Å². The van der Waals surface area contributed by atoms with Crippen molar-refractivity contribution in [3.05, 3.63) is 24.3 Å². The molecule has 0 aliphatic carbocycles. The Morgan fingerprint density at radius 2 is 1.91 bits per heavy atom. The number of alkyl halides is 1. The molecular weight excluding hydrogens is 339 g/mol. The Kier molecular flexibility index (Phi) is 10.6. The minimum atomic E-state index is -4.70. The van der Waals surface area contributed by atoms with Crippen LogP contribution in [0.25, 0.3) is 0 Å². The van der Waals surface area contributed by atoms with Gasteiger partial charge in [-0.1, -0.05) is 44.7 Å². The zero-order valence-electron chi connectivity index (χ0n) is 12.7. The number of para-hydroxylation sites is 1. The van der Waals surface area contributed by atoms with Gasteiger partial charge in [0.1, 0.15) is 21.2 Å². The molecule has 0 radical (unpaired) electrons. The van der Waals surface area contributed by atoms with Crippen LogP contribution in [0.2, 0.25) is 0 Å². The number of unbranched alkanes of at least 4 members (excludes halogenated alkanes) is 3. The molecule has 0 amide bonds. The van der Waals surface area contributed by atoms with E-state index in [1.165, 1.54) is 18.2 Å². The molecule has 1 atom stereocenters. The predicted octanol–water partition coefficient (Wildman–Crippen LogP) is 0.0779. The van der Waals surface area contributed by atoms with Crippen LogP contribution in [0.5, 0.6) is 5.75 Å². The molecule has 0 fully saturated rings. The van der Waals surface area contributed by atoms with Crippen LogP contribution in [-0.2, 0) is 14.9 Å². The maximum absolute atomic E-state index is 11.8. The molecule has 0 aliphatic heterocycles. The summed E-state index contributed by atoms with van der Waals surface area (Å²) in [5.74, 6) is -1.03. The van der Waals surface area contributed by atoms with Gasteiger partial charge in [0.05, 0.1) is 4.90 Å². The molecule has 1 aromatic carbocycles. The van der Waals surface area contributed by atoms with Crippen molar-refractivity contribution < 1.29 is 52.1 Å². The van der Waals surface area contributed by atoms with Crippen molar-refractivity contribution in [3.63, 3.8) is 0 Å². The van der Waals surface area contributed by atoms with Crippen molar-refractivity contribution >= 4 is 27.7 Å². The quantitative estimate of drug-likeness (QED) is 0.164. The summed E-state index contributed by atoms with van der Waals surface area (Å²) < 4.78 is 38.1. The number of benzene rings is 1. The van der Waals surface area contributed by atoms with Crippen LogP contribution in [-0.4, -0.2) is 24.3 Å². The molecule has 1 unspecified atom stereocenters. The maximum atomic E-state index is 11.8. The van der Waals surface area contributed by atoms with Gasteiger partial charge in [-0.05, 0) is 18.6 Å². The molecule has 22 heavy (non-hydrogen) atoms. The number of carbonyl (C=O) groups excluding carboxylic acids is 1. The predicted molar refractivity (Wildman–Crippen MR) is 78.4 cm³/mol. The zero-order valence-corrected chi connectivity index (χ0v) is 16.3. The van der Waals surface area contributed by atoms with Crippen LogP contribution in [0.15, 0.2) is 29.2 Å². The van der Waals surface area contributed by atoms with Crippen molar-refractivity contribution in [2.45, 2.75) is 49.3 Å². The second-order valence-electron chi connectivity index (χ2n) is 4.64. The summed E-state index contributed by atoms with van der Waals surface area (Å²) in [4.78, 5) is 11.2. The van der Waals surface area contributed by atoms with E-state index in [9.17, 15) is 17.8 Å². The average Bonchev–Trinajstić information content (AvgIpc) is 2.42. The fourth-order valence-electron chi connectivity index (χ4n) is 1.78. The van der Waals surface area contributed by atoms with Crippen LogP contribution in [0, 0.1) is 0 Å². The van der Waals surface area contributed by atoms with Gasteiger partial charge in [-0.25, -0.2) is 8.42 Å². The molecule has 1 rings (SSSR count). The maximum Gasteiger partial charge on any atom is 1.00 e. The molecule has 5 nitrogen and oxygen atoms in total. The largest absolute Gasteiger partial charge is 1.00 e. The van der Waals surface area contributed by atoms with Gasteiger partial charge in [0.25, 0.3) is 0 Å². The van der Waals surface area contributed by atoms with Gasteiger partial charge in [0.15, 0.2) is 0 Å². The summed E-state index contributed by atoms with van der Waals surface area (Å²) in [7, 11) is -4.70. The SMILES string of the molecule is CCCCCCC(Cl)C(=O)Oc1ccccc1S(=O)(=O)[O-].[Na+]. The van der Waals surface area contributed by atoms with Gasteiger partial charge in [-0.2, -0.15) is 0 Å². The summed E-state index contributed by atoms with van der Waals surface area (Å²) in [6.07, 6.45) is 4.35. The number of hydrogen-bond acceptors (Lipinski definition) is 5. The van der Waals surface area contributed by atoms with E-state index in [0.717, 1.165) is 31.7 Å². The minimum Gasteiger partial charge on any atom is -0.744 e. The third-order valence-electron chi connectivity index (χ3n) is 2.90. The molecule has 8 heteroatoms. The van der Waals surface area contributed by atoms with E-state index in [1.807, 2.05) is 0 Å². The molecule has 0 heterocycles. The van der Waals surface area contributed by atoms with Gasteiger partial charge in [-0.3, -0.25) is 4.79 Å². The molecule has 0 saturated heterocycles. The summed E-state index contributed by atoms with van der Waals surface area (Å²) in [6, 6.07) is 5.20. The second-order valence-corrected chi connectivity index (χ2v) is 6.51. The van der Waals surface area contributed by atoms with Gasteiger partial charge in [0, 0.05) is 0 Å². The molecular formula is C14H18ClNaO5S. The monoisotopic (exact) mass is 356 g/mol. The van der Waals surface area contributed by atoms with Crippen molar-refractivity contribution in [1.29, 1.82) is 0 Å². The van der Waals surface area contributed by atoms with E-state index >= 15 is 0 Å². The van der Waals surface area contributed by atoms with E-state index in [2.05, 4.69) is 6.92 Å². The standard InChI is InChI=1S/C14H19ClO5S.Na/c1-2-3-4-5-8-11(15)14(16)20-12-9-6-7-10-13(12)21(17,18)19;/h6-7,9-11H,2-5,8H2,1H3,(H,17,18,19);/q;+1/p-1. The van der Waals surface area contributed by atoms with Crippen molar-refractivity contribution in [1.82, 2.24) is 0 Å². The number of carbonyl (C=O) groups is 1. The van der Waals surface area contributed by atoms with Crippen LogP contribution in [0.3, 0.4) is 0 Å². The summed E-state index contributed by atoms with van der Waals surface area (Å²) in [6.45, 7) is 2.08. The van der Waals surface area contributed by atoms with E-state index < -0.39 is 26.4 Å². The van der Waals surface area contributed by atoms with Gasteiger partial charge >= 0.3 is 35.5 Å². The molecule has 1 aromatic rings. The zero-order chi connectivity index (χ0) is 15.9. The summed E-state index contributed by atoms with van der Waals surface area (Å²) in [5, 5.41) is -0.857. The third-order valence-corrected chi connectivity index (χ3v) is 4.17. The normalized spacial score (nSPS) is 12.3. The van der Waals surface area contributed by atoms with Gasteiger partial charge in [0.2, 0.25) is 0 Å². The second kappa shape index (κ2) is 10.6. The Bertz CT molecular complexity index is 576. The summed E-state index contributed by atoms with van der Waals surface area (Å²) >= 11 is 5.92. The van der Waals surface area contributed by atoms with Crippen LogP contribution in [0.1, 0.15) is 39.0 Å². The first-order chi connectivity index (χ1) is 9.86.